The lowest BCUT2D eigenvalue weighted by Crippen LogP contribution is -2.13. The minimum Gasteiger partial charge on any atom is -0.379 e. The van der Waals surface area contributed by atoms with Crippen molar-refractivity contribution in [3.63, 3.8) is 0 Å². The largest absolute Gasteiger partial charge is 0.379 e. The zero-order valence-electron chi connectivity index (χ0n) is 9.52. The van der Waals surface area contributed by atoms with Gasteiger partial charge in [-0.15, -0.1) is 0 Å². The van der Waals surface area contributed by atoms with Crippen LogP contribution in [0.3, 0.4) is 0 Å². The van der Waals surface area contributed by atoms with Gasteiger partial charge in [-0.25, -0.2) is 0 Å². The predicted molar refractivity (Wildman–Crippen MR) is 63.2 cm³/mol. The van der Waals surface area contributed by atoms with Crippen molar-refractivity contribution in [1.82, 2.24) is 0 Å². The molecular weight excluding hydrogens is 202 g/mol. The fraction of sp³-hybridized carbons (Fsp3) is 0.538. The summed E-state index contributed by atoms with van der Waals surface area (Å²) in [4.78, 5) is 0. The van der Waals surface area contributed by atoms with Crippen LogP contribution < -0.4 is 5.73 Å². The molecule has 2 rings (SSSR count). The quantitative estimate of drug-likeness (QED) is 0.819. The Hall–Kier alpha value is -0.900. The van der Waals surface area contributed by atoms with E-state index in [9.17, 15) is 0 Å². The average molecular weight is 221 g/mol. The number of nitrogens with two attached hydrogens (primary N) is 1. The number of benzene rings is 1. The fourth-order valence-corrected chi connectivity index (χ4v) is 1.95. The third-order valence-electron chi connectivity index (χ3n) is 2.89. The summed E-state index contributed by atoms with van der Waals surface area (Å²) >= 11 is 0. The molecule has 1 unspecified atom stereocenters. The summed E-state index contributed by atoms with van der Waals surface area (Å²) in [5.41, 5.74) is 8.13. The van der Waals surface area contributed by atoms with Crippen LogP contribution in [0.1, 0.15) is 17.5 Å². The van der Waals surface area contributed by atoms with Gasteiger partial charge in [-0.1, -0.05) is 24.3 Å². The Kier molecular flexibility index (Phi) is 4.34. The lowest BCUT2D eigenvalue weighted by atomic mass is 10.1. The Bertz CT molecular complexity index is 321. The molecule has 1 aromatic carbocycles. The van der Waals surface area contributed by atoms with Crippen molar-refractivity contribution in [2.75, 3.05) is 19.8 Å². The number of hydrogen-bond acceptors (Lipinski definition) is 3. The molecule has 3 nitrogen and oxygen atoms in total. The first kappa shape index (κ1) is 11.6. The van der Waals surface area contributed by atoms with Gasteiger partial charge in [0, 0.05) is 6.61 Å². The standard InChI is InChI=1S/C13H19NO2/c14-7-5-11-3-1-2-4-12(11)9-16-13-6-8-15-10-13/h1-4,13H,5-10,14H2. The number of ether oxygens (including phenoxy) is 2. The fourth-order valence-electron chi connectivity index (χ4n) is 1.95. The van der Waals surface area contributed by atoms with E-state index in [4.69, 9.17) is 15.2 Å². The zero-order valence-corrected chi connectivity index (χ0v) is 9.52. The molecule has 1 aliphatic heterocycles. The van der Waals surface area contributed by atoms with Crippen LogP contribution in [0.5, 0.6) is 0 Å². The predicted octanol–water partition coefficient (Wildman–Crippen LogP) is 1.49. The van der Waals surface area contributed by atoms with Crippen molar-refractivity contribution < 1.29 is 9.47 Å². The molecule has 0 aliphatic carbocycles. The highest BCUT2D eigenvalue weighted by Crippen LogP contribution is 2.14. The molecular formula is C13H19NO2. The molecule has 2 N–H and O–H groups in total. The van der Waals surface area contributed by atoms with Gasteiger partial charge < -0.3 is 15.2 Å². The van der Waals surface area contributed by atoms with Gasteiger partial charge in [0.2, 0.25) is 0 Å². The molecule has 1 aliphatic rings. The summed E-state index contributed by atoms with van der Waals surface area (Å²) in [6.07, 6.45) is 2.20. The molecule has 0 radical (unpaired) electrons. The first-order valence-corrected chi connectivity index (χ1v) is 5.86. The Morgan fingerprint density at radius 1 is 1.31 bits per heavy atom. The van der Waals surface area contributed by atoms with Crippen molar-refractivity contribution in [1.29, 1.82) is 0 Å². The second-order valence-corrected chi connectivity index (χ2v) is 4.10. The summed E-state index contributed by atoms with van der Waals surface area (Å²) in [5, 5.41) is 0. The van der Waals surface area contributed by atoms with Crippen LogP contribution in [-0.2, 0) is 22.5 Å². The molecule has 88 valence electrons. The van der Waals surface area contributed by atoms with Gasteiger partial charge in [0.05, 0.1) is 19.3 Å². The molecule has 1 fully saturated rings. The second kappa shape index (κ2) is 5.99. The van der Waals surface area contributed by atoms with Gasteiger partial charge in [-0.05, 0) is 30.5 Å². The van der Waals surface area contributed by atoms with Gasteiger partial charge in [-0.2, -0.15) is 0 Å². The minimum atomic E-state index is 0.269. The van der Waals surface area contributed by atoms with E-state index >= 15 is 0 Å². The third-order valence-corrected chi connectivity index (χ3v) is 2.89. The van der Waals surface area contributed by atoms with E-state index in [1.54, 1.807) is 0 Å². The van der Waals surface area contributed by atoms with Gasteiger partial charge in [0.25, 0.3) is 0 Å². The van der Waals surface area contributed by atoms with Gasteiger partial charge in [0.1, 0.15) is 0 Å². The van der Waals surface area contributed by atoms with E-state index in [0.717, 1.165) is 26.1 Å². The Balaban J connectivity index is 1.91. The molecule has 0 saturated carbocycles. The molecule has 1 atom stereocenters. The van der Waals surface area contributed by atoms with Crippen molar-refractivity contribution in [2.24, 2.45) is 5.73 Å². The minimum absolute atomic E-state index is 0.269. The number of rotatable bonds is 5. The van der Waals surface area contributed by atoms with Crippen LogP contribution in [0, 0.1) is 0 Å². The summed E-state index contributed by atoms with van der Waals surface area (Å²) in [6, 6.07) is 8.33. The van der Waals surface area contributed by atoms with Crippen LogP contribution in [0.2, 0.25) is 0 Å². The molecule has 1 saturated heterocycles. The molecule has 1 heterocycles. The van der Waals surface area contributed by atoms with Crippen LogP contribution in [-0.4, -0.2) is 25.9 Å². The van der Waals surface area contributed by atoms with E-state index < -0.39 is 0 Å². The summed E-state index contributed by atoms with van der Waals surface area (Å²) in [6.45, 7) is 2.92. The molecule has 0 bridgehead atoms. The van der Waals surface area contributed by atoms with Crippen LogP contribution in [0.4, 0.5) is 0 Å². The van der Waals surface area contributed by atoms with E-state index in [-0.39, 0.29) is 6.10 Å². The van der Waals surface area contributed by atoms with Crippen molar-refractivity contribution in [3.8, 4) is 0 Å². The molecule has 0 amide bonds. The second-order valence-electron chi connectivity index (χ2n) is 4.10. The third kappa shape index (κ3) is 3.04. The molecule has 0 aromatic heterocycles. The highest BCUT2D eigenvalue weighted by molar-refractivity contribution is 5.26. The maximum Gasteiger partial charge on any atom is 0.0834 e. The summed E-state index contributed by atoms with van der Waals surface area (Å²) in [5.74, 6) is 0. The molecule has 3 heteroatoms. The van der Waals surface area contributed by atoms with E-state index in [0.29, 0.717) is 13.2 Å². The van der Waals surface area contributed by atoms with Crippen molar-refractivity contribution in [3.05, 3.63) is 35.4 Å². The average Bonchev–Trinajstić information content (AvgIpc) is 2.81. The SMILES string of the molecule is NCCc1ccccc1COC1CCOC1. The van der Waals surface area contributed by atoms with Crippen LogP contribution in [0.15, 0.2) is 24.3 Å². The van der Waals surface area contributed by atoms with E-state index in [1.165, 1.54) is 11.1 Å². The highest BCUT2D eigenvalue weighted by Gasteiger charge is 2.16. The molecule has 16 heavy (non-hydrogen) atoms. The zero-order chi connectivity index (χ0) is 11.2. The van der Waals surface area contributed by atoms with Crippen LogP contribution >= 0.6 is 0 Å². The van der Waals surface area contributed by atoms with Crippen LogP contribution in [0.25, 0.3) is 0 Å². The van der Waals surface area contributed by atoms with E-state index in [2.05, 4.69) is 12.1 Å². The van der Waals surface area contributed by atoms with Crippen molar-refractivity contribution in [2.45, 2.75) is 25.6 Å². The first-order valence-electron chi connectivity index (χ1n) is 5.86. The Morgan fingerprint density at radius 2 is 2.12 bits per heavy atom. The first-order chi connectivity index (χ1) is 7.90. The van der Waals surface area contributed by atoms with E-state index in [1.807, 2.05) is 12.1 Å². The Morgan fingerprint density at radius 3 is 2.81 bits per heavy atom. The molecule has 1 aromatic rings. The number of hydrogen-bond donors (Lipinski definition) is 1. The maximum absolute atomic E-state index is 5.81. The monoisotopic (exact) mass is 221 g/mol. The van der Waals surface area contributed by atoms with Gasteiger partial charge in [-0.3, -0.25) is 0 Å². The normalized spacial score (nSPS) is 20.2. The highest BCUT2D eigenvalue weighted by atomic mass is 16.5. The topological polar surface area (TPSA) is 44.5 Å². The molecule has 0 spiro atoms. The lowest BCUT2D eigenvalue weighted by molar-refractivity contribution is 0.0314. The van der Waals surface area contributed by atoms with Crippen molar-refractivity contribution >= 4 is 0 Å². The summed E-state index contributed by atoms with van der Waals surface area (Å²) < 4.78 is 11.1. The smallest absolute Gasteiger partial charge is 0.0834 e. The maximum atomic E-state index is 5.81. The lowest BCUT2D eigenvalue weighted by Gasteiger charge is -2.12. The van der Waals surface area contributed by atoms with Gasteiger partial charge >= 0.3 is 0 Å². The van der Waals surface area contributed by atoms with Gasteiger partial charge in [0.15, 0.2) is 0 Å². The summed E-state index contributed by atoms with van der Waals surface area (Å²) in [7, 11) is 0. The Labute approximate surface area is 96.5 Å².